The highest BCUT2D eigenvalue weighted by molar-refractivity contribution is 8.67. The van der Waals surface area contributed by atoms with Crippen molar-refractivity contribution in [1.82, 2.24) is 0 Å². The highest BCUT2D eigenvalue weighted by atomic mass is 33.1. The molecule has 0 bridgehead atoms. The monoisotopic (exact) mass is 126 g/mol. The van der Waals surface area contributed by atoms with Crippen molar-refractivity contribution in [2.75, 3.05) is 5.75 Å². The lowest BCUT2D eigenvalue weighted by Crippen LogP contribution is -1.75. The van der Waals surface area contributed by atoms with Crippen LogP contribution in [0.5, 0.6) is 0 Å². The molecule has 1 unspecified atom stereocenters. The van der Waals surface area contributed by atoms with Crippen molar-refractivity contribution >= 4 is 20.9 Å². The molecule has 0 rings (SSSR count). The summed E-state index contributed by atoms with van der Waals surface area (Å²) >= 11 is 0. The van der Waals surface area contributed by atoms with Crippen molar-refractivity contribution < 1.29 is 8.76 Å². The van der Waals surface area contributed by atoms with Crippen LogP contribution in [-0.2, 0) is 10.1 Å². The van der Waals surface area contributed by atoms with Crippen LogP contribution < -0.4 is 0 Å². The summed E-state index contributed by atoms with van der Waals surface area (Å²) in [4.78, 5) is 0. The Morgan fingerprint density at radius 1 is 2.00 bits per heavy atom. The lowest BCUT2D eigenvalue weighted by molar-refractivity contribution is 0.581. The Balaban J connectivity index is 2.83. The summed E-state index contributed by atoms with van der Waals surface area (Å²) in [5.41, 5.74) is 0. The summed E-state index contributed by atoms with van der Waals surface area (Å²) < 4.78 is 17.7. The first-order valence-electron chi connectivity index (χ1n) is 1.51. The van der Waals surface area contributed by atoms with E-state index in [4.69, 9.17) is 4.55 Å². The van der Waals surface area contributed by atoms with Gasteiger partial charge in [-0.05, 0) is 10.8 Å². The van der Waals surface area contributed by atoms with E-state index in [2.05, 4.69) is 0 Å². The molecule has 2 nitrogen and oxygen atoms in total. The third-order valence-corrected chi connectivity index (χ3v) is 1.97. The fourth-order valence-corrected chi connectivity index (χ4v) is 0.907. The van der Waals surface area contributed by atoms with Gasteiger partial charge in [0.1, 0.15) is 0 Å². The molecule has 6 heavy (non-hydrogen) atoms. The quantitative estimate of drug-likeness (QED) is 0.441. The van der Waals surface area contributed by atoms with Gasteiger partial charge in [0.2, 0.25) is 10.1 Å². The molecule has 4 heteroatoms. The van der Waals surface area contributed by atoms with Crippen molar-refractivity contribution in [3.63, 3.8) is 0 Å². The van der Waals surface area contributed by atoms with E-state index in [9.17, 15) is 4.21 Å². The summed E-state index contributed by atoms with van der Waals surface area (Å²) in [5.74, 6) is 0.698. The van der Waals surface area contributed by atoms with E-state index in [0.717, 1.165) is 10.8 Å². The zero-order chi connectivity index (χ0) is 4.99. The van der Waals surface area contributed by atoms with Crippen LogP contribution in [0.15, 0.2) is 0 Å². The number of rotatable bonds is 2. The summed E-state index contributed by atoms with van der Waals surface area (Å²) in [6, 6.07) is 0. The molecule has 0 saturated carbocycles. The molecule has 0 spiro atoms. The normalized spacial score (nSPS) is 14.3. The zero-order valence-corrected chi connectivity index (χ0v) is 5.01. The summed E-state index contributed by atoms with van der Waals surface area (Å²) in [6.07, 6.45) is 0. The highest BCUT2D eigenvalue weighted by Gasteiger charge is 1.84. The molecule has 0 aromatic carbocycles. The first kappa shape index (κ1) is 6.46. The smallest absolute Gasteiger partial charge is 0.216 e. The predicted octanol–water partition coefficient (Wildman–Crippen LogP) is 0.876. The second-order valence-electron chi connectivity index (χ2n) is 0.624. The van der Waals surface area contributed by atoms with Gasteiger partial charge in [-0.2, -0.15) is 0 Å². The average molecular weight is 126 g/mol. The lowest BCUT2D eigenvalue weighted by Gasteiger charge is -1.80. The van der Waals surface area contributed by atoms with Crippen LogP contribution in [0.1, 0.15) is 6.92 Å². The molecule has 0 fully saturated rings. The standard InChI is InChI=1S/C2H6O2S2/c1-2-5-6(3)4/h2H2,1H3,(H,3,4). The van der Waals surface area contributed by atoms with Gasteiger partial charge in [-0.1, -0.05) is 6.92 Å². The number of hydrogen-bond donors (Lipinski definition) is 1. The summed E-state index contributed by atoms with van der Waals surface area (Å²) in [7, 11) is -0.635. The molecule has 0 aromatic rings. The van der Waals surface area contributed by atoms with E-state index in [1.165, 1.54) is 0 Å². The van der Waals surface area contributed by atoms with Crippen LogP contribution in [-0.4, -0.2) is 14.5 Å². The summed E-state index contributed by atoms with van der Waals surface area (Å²) in [6.45, 7) is 1.83. The maximum absolute atomic E-state index is 9.67. The molecule has 0 aliphatic heterocycles. The van der Waals surface area contributed by atoms with E-state index in [1.807, 2.05) is 6.92 Å². The molecular formula is C2H6O2S2. The first-order valence-corrected chi connectivity index (χ1v) is 4.12. The molecule has 0 aliphatic carbocycles. The second-order valence-corrected chi connectivity index (χ2v) is 3.43. The van der Waals surface area contributed by atoms with Gasteiger partial charge in [0.15, 0.2) is 0 Å². The maximum Gasteiger partial charge on any atom is 0.216 e. The Kier molecular flexibility index (Phi) is 3.92. The maximum atomic E-state index is 9.67. The molecule has 0 amide bonds. The fourth-order valence-electron chi connectivity index (χ4n) is 0.101. The molecule has 1 atom stereocenters. The van der Waals surface area contributed by atoms with Crippen LogP contribution in [0.2, 0.25) is 0 Å². The van der Waals surface area contributed by atoms with E-state index < -0.39 is 10.1 Å². The Bertz CT molecular complexity index is 53.5. The van der Waals surface area contributed by atoms with Gasteiger partial charge < -0.3 is 0 Å². The highest BCUT2D eigenvalue weighted by Crippen LogP contribution is 2.00. The van der Waals surface area contributed by atoms with Crippen molar-refractivity contribution in [2.24, 2.45) is 0 Å². The molecule has 1 N–H and O–H groups in total. The third-order valence-electron chi connectivity index (χ3n) is 0.219. The van der Waals surface area contributed by atoms with E-state index >= 15 is 0 Å². The Hall–Kier alpha value is 0.460. The van der Waals surface area contributed by atoms with Gasteiger partial charge in [-0.3, -0.25) is 4.55 Å². The molecule has 0 radical (unpaired) electrons. The topological polar surface area (TPSA) is 37.3 Å². The molecular weight excluding hydrogens is 120 g/mol. The van der Waals surface area contributed by atoms with E-state index in [1.54, 1.807) is 0 Å². The summed E-state index contributed by atoms with van der Waals surface area (Å²) in [5, 5.41) is 0. The zero-order valence-electron chi connectivity index (χ0n) is 3.38. The SMILES string of the molecule is CCSS(=O)O. The Morgan fingerprint density at radius 2 is 2.50 bits per heavy atom. The van der Waals surface area contributed by atoms with Crippen LogP contribution >= 0.6 is 10.8 Å². The van der Waals surface area contributed by atoms with Crippen LogP contribution in [0.25, 0.3) is 0 Å². The minimum absolute atomic E-state index is 0.698. The van der Waals surface area contributed by atoms with Crippen molar-refractivity contribution in [2.45, 2.75) is 6.92 Å². The largest absolute Gasteiger partial charge is 0.298 e. The lowest BCUT2D eigenvalue weighted by atomic mass is 11.0. The van der Waals surface area contributed by atoms with E-state index in [0.29, 0.717) is 5.75 Å². The van der Waals surface area contributed by atoms with Gasteiger partial charge in [-0.15, -0.1) is 0 Å². The van der Waals surface area contributed by atoms with Crippen LogP contribution in [0.3, 0.4) is 0 Å². The van der Waals surface area contributed by atoms with Gasteiger partial charge in [0.05, 0.1) is 0 Å². The molecule has 0 heterocycles. The van der Waals surface area contributed by atoms with Crippen molar-refractivity contribution in [3.05, 3.63) is 0 Å². The van der Waals surface area contributed by atoms with Gasteiger partial charge in [0.25, 0.3) is 0 Å². The van der Waals surface area contributed by atoms with Gasteiger partial charge in [-0.25, -0.2) is 4.21 Å². The fraction of sp³-hybridized carbons (Fsp3) is 1.00. The molecule has 0 saturated heterocycles. The second kappa shape index (κ2) is 3.64. The van der Waals surface area contributed by atoms with Crippen LogP contribution in [0, 0.1) is 0 Å². The van der Waals surface area contributed by atoms with Crippen molar-refractivity contribution in [1.29, 1.82) is 0 Å². The first-order chi connectivity index (χ1) is 2.77. The third kappa shape index (κ3) is 4.46. The minimum atomic E-state index is -1.65. The van der Waals surface area contributed by atoms with Crippen molar-refractivity contribution in [3.8, 4) is 0 Å². The minimum Gasteiger partial charge on any atom is -0.298 e. The van der Waals surface area contributed by atoms with Gasteiger partial charge in [0, 0.05) is 5.75 Å². The van der Waals surface area contributed by atoms with Crippen LogP contribution in [0.4, 0.5) is 0 Å². The van der Waals surface area contributed by atoms with E-state index in [-0.39, 0.29) is 0 Å². The Labute approximate surface area is 43.0 Å². The molecule has 0 aromatic heterocycles. The Morgan fingerprint density at radius 3 is 2.50 bits per heavy atom. The predicted molar refractivity (Wildman–Crippen MR) is 28.9 cm³/mol. The molecule has 38 valence electrons. The average Bonchev–Trinajstić information content (AvgIpc) is 1.35. The van der Waals surface area contributed by atoms with Gasteiger partial charge >= 0.3 is 0 Å². The molecule has 0 aliphatic rings. The number of hydrogen-bond acceptors (Lipinski definition) is 2.